The van der Waals surface area contributed by atoms with Crippen LogP contribution in [0.2, 0.25) is 0 Å². The van der Waals surface area contributed by atoms with Crippen LogP contribution in [0.15, 0.2) is 84.9 Å². The Morgan fingerprint density at radius 2 is 1.55 bits per heavy atom. The Kier molecular flexibility index (Phi) is 6.77. The first-order valence-corrected chi connectivity index (χ1v) is 11.1. The molecule has 0 spiro atoms. The van der Waals surface area contributed by atoms with E-state index in [1.54, 1.807) is 0 Å². The van der Waals surface area contributed by atoms with Crippen LogP contribution in [0.3, 0.4) is 0 Å². The molecule has 0 radical (unpaired) electrons. The van der Waals surface area contributed by atoms with E-state index in [-0.39, 0.29) is 25.0 Å². The number of nitrogens with zero attached hydrogens (tertiary/aromatic N) is 2. The van der Waals surface area contributed by atoms with Crippen LogP contribution >= 0.6 is 0 Å². The van der Waals surface area contributed by atoms with Crippen LogP contribution in [-0.4, -0.2) is 29.0 Å². The number of hydrogen-bond acceptors (Lipinski definition) is 3. The molecule has 1 atom stereocenters. The van der Waals surface area contributed by atoms with Crippen molar-refractivity contribution in [2.45, 2.75) is 26.1 Å². The molecule has 33 heavy (non-hydrogen) atoms. The second-order valence-electron chi connectivity index (χ2n) is 8.89. The standard InChI is InChI=1S/C28H27N2O2.ClH/c1-30(18-21-10-4-2-5-11-21)17-16-26-24(19-30)27(23-14-8-9-15-25(23)29-26)28(31)32-20-22-12-6-3-7-13-22;/h2-15H,16-20H2,1H3;1H/q+1;/p-1. The van der Waals surface area contributed by atoms with Crippen molar-refractivity contribution in [3.8, 4) is 0 Å². The summed E-state index contributed by atoms with van der Waals surface area (Å²) < 4.78 is 6.64. The Morgan fingerprint density at radius 3 is 2.27 bits per heavy atom. The monoisotopic (exact) mass is 458 g/mol. The van der Waals surface area contributed by atoms with E-state index in [0.717, 1.165) is 58.3 Å². The third-order valence-corrected chi connectivity index (χ3v) is 6.33. The van der Waals surface area contributed by atoms with Gasteiger partial charge >= 0.3 is 5.97 Å². The normalized spacial score (nSPS) is 17.1. The number of likely N-dealkylation sites (N-methyl/N-ethyl adjacent to an activating group) is 1. The fourth-order valence-electron chi connectivity index (χ4n) is 4.70. The molecular formula is C28H27ClN2O2. The van der Waals surface area contributed by atoms with Gasteiger partial charge in [0.1, 0.15) is 19.7 Å². The molecule has 5 rings (SSSR count). The van der Waals surface area contributed by atoms with Crippen molar-refractivity contribution in [1.82, 2.24) is 4.98 Å². The number of benzene rings is 3. The van der Waals surface area contributed by atoms with Gasteiger partial charge in [-0.15, -0.1) is 0 Å². The van der Waals surface area contributed by atoms with E-state index in [2.05, 4.69) is 31.3 Å². The van der Waals surface area contributed by atoms with E-state index >= 15 is 0 Å². The van der Waals surface area contributed by atoms with Crippen molar-refractivity contribution in [3.63, 3.8) is 0 Å². The number of carbonyl (C=O) groups is 1. The second-order valence-corrected chi connectivity index (χ2v) is 8.89. The molecule has 168 valence electrons. The highest BCUT2D eigenvalue weighted by Crippen LogP contribution is 2.32. The molecule has 5 heteroatoms. The predicted molar refractivity (Wildman–Crippen MR) is 126 cm³/mol. The predicted octanol–water partition coefficient (Wildman–Crippen LogP) is 2.30. The lowest BCUT2D eigenvalue weighted by molar-refractivity contribution is -0.937. The molecule has 0 bridgehead atoms. The molecule has 1 aromatic heterocycles. The van der Waals surface area contributed by atoms with Gasteiger partial charge in [0.05, 0.1) is 30.4 Å². The van der Waals surface area contributed by atoms with E-state index in [9.17, 15) is 4.79 Å². The molecule has 1 aliphatic heterocycles. The maximum atomic E-state index is 13.4. The van der Waals surface area contributed by atoms with Gasteiger partial charge in [0.15, 0.2) is 0 Å². The first-order chi connectivity index (χ1) is 15.6. The van der Waals surface area contributed by atoms with Crippen molar-refractivity contribution < 1.29 is 26.4 Å². The molecule has 0 saturated heterocycles. The molecule has 1 unspecified atom stereocenters. The molecule has 0 N–H and O–H groups in total. The number of pyridine rings is 1. The van der Waals surface area contributed by atoms with Crippen LogP contribution < -0.4 is 12.4 Å². The lowest BCUT2D eigenvalue weighted by Gasteiger charge is -2.39. The molecule has 3 aromatic carbocycles. The van der Waals surface area contributed by atoms with Crippen LogP contribution in [0, 0.1) is 0 Å². The number of fused-ring (bicyclic) bond motifs is 2. The van der Waals surface area contributed by atoms with Crippen molar-refractivity contribution >= 4 is 16.9 Å². The Morgan fingerprint density at radius 1 is 0.909 bits per heavy atom. The van der Waals surface area contributed by atoms with E-state index in [4.69, 9.17) is 9.72 Å². The lowest BCUT2D eigenvalue weighted by Crippen LogP contribution is -3.00. The maximum Gasteiger partial charge on any atom is 0.339 e. The highest BCUT2D eigenvalue weighted by Gasteiger charge is 2.34. The molecule has 0 fully saturated rings. The third-order valence-electron chi connectivity index (χ3n) is 6.33. The Balaban J connectivity index is 0.00000259. The number of halogens is 1. The quantitative estimate of drug-likeness (QED) is 0.340. The summed E-state index contributed by atoms with van der Waals surface area (Å²) in [5, 5.41) is 0.873. The number of ether oxygens (including phenoxy) is 1. The summed E-state index contributed by atoms with van der Waals surface area (Å²) >= 11 is 0. The van der Waals surface area contributed by atoms with Crippen molar-refractivity contribution in [2.24, 2.45) is 0 Å². The molecule has 4 aromatic rings. The highest BCUT2D eigenvalue weighted by molar-refractivity contribution is 6.05. The first kappa shape index (κ1) is 23.0. The van der Waals surface area contributed by atoms with Crippen molar-refractivity contribution in [1.29, 1.82) is 0 Å². The Hall–Kier alpha value is -3.21. The zero-order valence-electron chi connectivity index (χ0n) is 18.7. The Labute approximate surface area is 200 Å². The summed E-state index contributed by atoms with van der Waals surface area (Å²) in [6, 6.07) is 28.3. The summed E-state index contributed by atoms with van der Waals surface area (Å²) in [6.07, 6.45) is 0.850. The molecule has 4 nitrogen and oxygen atoms in total. The van der Waals surface area contributed by atoms with Gasteiger partial charge in [-0.25, -0.2) is 4.79 Å². The number of esters is 1. The zero-order chi connectivity index (χ0) is 22.0. The first-order valence-electron chi connectivity index (χ1n) is 11.1. The second kappa shape index (κ2) is 9.74. The lowest BCUT2D eigenvalue weighted by atomic mass is 9.94. The number of aromatic nitrogens is 1. The zero-order valence-corrected chi connectivity index (χ0v) is 19.5. The van der Waals surface area contributed by atoms with Crippen molar-refractivity contribution in [2.75, 3.05) is 13.6 Å². The minimum atomic E-state index is -0.267. The fraction of sp³-hybridized carbons (Fsp3) is 0.214. The number of rotatable bonds is 5. The summed E-state index contributed by atoms with van der Waals surface area (Å²) in [4.78, 5) is 18.3. The third kappa shape index (κ3) is 4.92. The van der Waals surface area contributed by atoms with Crippen molar-refractivity contribution in [3.05, 3.63) is 113 Å². The highest BCUT2D eigenvalue weighted by atomic mass is 35.5. The number of para-hydroxylation sites is 1. The molecular weight excluding hydrogens is 432 g/mol. The van der Waals surface area contributed by atoms with Gasteiger partial charge in [0.2, 0.25) is 0 Å². The summed E-state index contributed by atoms with van der Waals surface area (Å²) in [5.41, 5.74) is 5.89. The van der Waals surface area contributed by atoms with Gasteiger partial charge in [0, 0.05) is 22.9 Å². The van der Waals surface area contributed by atoms with Crippen LogP contribution in [0.4, 0.5) is 0 Å². The molecule has 0 saturated carbocycles. The largest absolute Gasteiger partial charge is 1.00 e. The van der Waals surface area contributed by atoms with Crippen LogP contribution in [0.1, 0.15) is 32.7 Å². The van der Waals surface area contributed by atoms with Gasteiger partial charge in [-0.05, 0) is 11.6 Å². The van der Waals surface area contributed by atoms with Gasteiger partial charge in [0.25, 0.3) is 0 Å². The topological polar surface area (TPSA) is 39.2 Å². The maximum absolute atomic E-state index is 13.4. The van der Waals surface area contributed by atoms with Gasteiger partial charge in [-0.1, -0.05) is 78.9 Å². The average molecular weight is 459 g/mol. The van der Waals surface area contributed by atoms with E-state index in [0.29, 0.717) is 5.56 Å². The summed E-state index contributed by atoms with van der Waals surface area (Å²) in [6.45, 7) is 2.94. The molecule has 0 aliphatic carbocycles. The van der Waals surface area contributed by atoms with Crippen LogP contribution in [0.25, 0.3) is 10.9 Å². The smallest absolute Gasteiger partial charge is 0.339 e. The van der Waals surface area contributed by atoms with E-state index in [1.165, 1.54) is 5.56 Å². The van der Waals surface area contributed by atoms with Gasteiger partial charge < -0.3 is 21.6 Å². The number of hydrogen-bond donors (Lipinski definition) is 0. The SMILES string of the molecule is C[N+]1(Cc2ccccc2)CCc2nc3ccccc3c(C(=O)OCc3ccccc3)c2C1.[Cl-]. The van der Waals surface area contributed by atoms with E-state index in [1.807, 2.05) is 60.7 Å². The fourth-order valence-corrected chi connectivity index (χ4v) is 4.70. The number of quaternary nitrogens is 1. The summed E-state index contributed by atoms with van der Waals surface area (Å²) in [5.74, 6) is -0.267. The minimum absolute atomic E-state index is 0. The molecule has 2 heterocycles. The average Bonchev–Trinajstić information content (AvgIpc) is 2.82. The summed E-state index contributed by atoms with van der Waals surface area (Å²) in [7, 11) is 2.27. The van der Waals surface area contributed by atoms with Crippen LogP contribution in [-0.2, 0) is 30.9 Å². The number of carbonyl (C=O) groups excluding carboxylic acids is 1. The van der Waals surface area contributed by atoms with Crippen LogP contribution in [0.5, 0.6) is 0 Å². The molecule has 1 aliphatic rings. The van der Waals surface area contributed by atoms with Gasteiger partial charge in [-0.2, -0.15) is 0 Å². The van der Waals surface area contributed by atoms with E-state index < -0.39 is 0 Å². The van der Waals surface area contributed by atoms with Gasteiger partial charge in [-0.3, -0.25) is 4.98 Å². The molecule has 0 amide bonds. The minimum Gasteiger partial charge on any atom is -1.00 e. The Bertz CT molecular complexity index is 1260.